The van der Waals surface area contributed by atoms with Gasteiger partial charge in [-0.1, -0.05) is 25.7 Å². The van der Waals surface area contributed by atoms with Gasteiger partial charge in [0, 0.05) is 19.0 Å². The smallest absolute Gasteiger partial charge is 0.0461 e. The lowest BCUT2D eigenvalue weighted by atomic mass is 10.3. The monoisotopic (exact) mass is 199 g/mol. The molecule has 0 aliphatic heterocycles. The highest BCUT2D eigenvalue weighted by molar-refractivity contribution is 7.10. The lowest BCUT2D eigenvalue weighted by Crippen LogP contribution is -2.26. The molecule has 0 saturated carbocycles. The Kier molecular flexibility index (Phi) is 3.09. The summed E-state index contributed by atoms with van der Waals surface area (Å²) in [5.41, 5.74) is 6.07. The Bertz CT molecular complexity index is 225. The van der Waals surface area contributed by atoms with Crippen molar-refractivity contribution in [2.45, 2.75) is 31.7 Å². The van der Waals surface area contributed by atoms with Crippen LogP contribution >= 0.6 is 11.3 Å². The van der Waals surface area contributed by atoms with Gasteiger partial charge in [0.2, 0.25) is 0 Å². The highest BCUT2D eigenvalue weighted by Crippen LogP contribution is 2.25. The molecule has 12 heavy (non-hydrogen) atoms. The molecule has 3 heteroatoms. The molecule has 0 fully saturated rings. The van der Waals surface area contributed by atoms with E-state index in [1.54, 1.807) is 11.3 Å². The van der Waals surface area contributed by atoms with Crippen molar-refractivity contribution in [1.29, 1.82) is 0 Å². The summed E-state index contributed by atoms with van der Waals surface area (Å²) in [4.78, 5) is 1.33. The van der Waals surface area contributed by atoms with Gasteiger partial charge in [0.15, 0.2) is 0 Å². The van der Waals surface area contributed by atoms with Crippen LogP contribution in [0.5, 0.6) is 0 Å². The fourth-order valence-corrected chi connectivity index (χ4v) is 3.68. The molecule has 0 aliphatic rings. The number of hydrogen-bond donors (Lipinski definition) is 1. The standard InChI is InChI=1S/C9H17NSSi/c1-12(2,3)7-8(10)9-5-4-6-11-9/h4-6,8H,7,10H2,1-3H3. The summed E-state index contributed by atoms with van der Waals surface area (Å²) in [6, 6.07) is 5.67. The van der Waals surface area contributed by atoms with Crippen molar-refractivity contribution in [2.24, 2.45) is 5.73 Å². The van der Waals surface area contributed by atoms with Gasteiger partial charge < -0.3 is 5.73 Å². The van der Waals surface area contributed by atoms with Crippen LogP contribution in [0.2, 0.25) is 25.7 Å². The number of nitrogens with two attached hydrogens (primary N) is 1. The maximum absolute atomic E-state index is 6.07. The molecule has 68 valence electrons. The van der Waals surface area contributed by atoms with Gasteiger partial charge in [0.05, 0.1) is 0 Å². The molecule has 1 aromatic heterocycles. The Morgan fingerprint density at radius 1 is 1.50 bits per heavy atom. The molecule has 0 radical (unpaired) electrons. The molecule has 0 amide bonds. The molecule has 1 unspecified atom stereocenters. The minimum absolute atomic E-state index is 0.275. The van der Waals surface area contributed by atoms with Crippen molar-refractivity contribution in [3.05, 3.63) is 22.4 Å². The normalized spacial score (nSPS) is 14.7. The minimum atomic E-state index is -0.995. The van der Waals surface area contributed by atoms with Crippen LogP contribution in [-0.2, 0) is 0 Å². The molecular formula is C9H17NSSi. The first-order chi connectivity index (χ1) is 5.49. The molecule has 2 N–H and O–H groups in total. The van der Waals surface area contributed by atoms with E-state index in [1.165, 1.54) is 10.9 Å². The van der Waals surface area contributed by atoms with E-state index in [0.29, 0.717) is 0 Å². The van der Waals surface area contributed by atoms with Crippen molar-refractivity contribution >= 4 is 19.4 Å². The first kappa shape index (κ1) is 9.96. The van der Waals surface area contributed by atoms with Gasteiger partial charge in [-0.15, -0.1) is 11.3 Å². The van der Waals surface area contributed by atoms with Crippen molar-refractivity contribution in [1.82, 2.24) is 0 Å². The molecule has 0 aromatic carbocycles. The van der Waals surface area contributed by atoms with E-state index in [2.05, 4.69) is 37.2 Å². The molecule has 1 aromatic rings. The third-order valence-corrected chi connectivity index (χ3v) is 4.41. The van der Waals surface area contributed by atoms with Crippen LogP contribution in [0.1, 0.15) is 10.9 Å². The van der Waals surface area contributed by atoms with Gasteiger partial charge in [0.25, 0.3) is 0 Å². The zero-order valence-electron chi connectivity index (χ0n) is 8.00. The third kappa shape index (κ3) is 3.09. The van der Waals surface area contributed by atoms with Crippen molar-refractivity contribution in [3.63, 3.8) is 0 Å². The second-order valence-electron chi connectivity index (χ2n) is 4.39. The Labute approximate surface area is 79.6 Å². The Morgan fingerprint density at radius 3 is 2.58 bits per heavy atom. The first-order valence-corrected chi connectivity index (χ1v) is 8.87. The van der Waals surface area contributed by atoms with Crippen molar-refractivity contribution < 1.29 is 0 Å². The number of rotatable bonds is 3. The predicted molar refractivity (Wildman–Crippen MR) is 59.4 cm³/mol. The fourth-order valence-electron chi connectivity index (χ4n) is 1.26. The molecule has 1 rings (SSSR count). The maximum atomic E-state index is 6.07. The highest BCUT2D eigenvalue weighted by atomic mass is 32.1. The predicted octanol–water partition coefficient (Wildman–Crippen LogP) is 3.09. The van der Waals surface area contributed by atoms with E-state index >= 15 is 0 Å². The van der Waals surface area contributed by atoms with Crippen LogP contribution < -0.4 is 5.73 Å². The van der Waals surface area contributed by atoms with E-state index in [0.717, 1.165) is 0 Å². The zero-order chi connectivity index (χ0) is 9.19. The summed E-state index contributed by atoms with van der Waals surface area (Å²) in [6.45, 7) is 7.08. The quantitative estimate of drug-likeness (QED) is 0.744. The maximum Gasteiger partial charge on any atom is 0.0461 e. The molecule has 0 saturated heterocycles. The van der Waals surface area contributed by atoms with Crippen LogP contribution in [0.25, 0.3) is 0 Å². The Hall–Kier alpha value is -0.123. The van der Waals surface area contributed by atoms with E-state index in [1.807, 2.05) is 0 Å². The summed E-state index contributed by atoms with van der Waals surface area (Å²) < 4.78 is 0. The lowest BCUT2D eigenvalue weighted by molar-refractivity contribution is 0.819. The molecular weight excluding hydrogens is 182 g/mol. The number of hydrogen-bond acceptors (Lipinski definition) is 2. The first-order valence-electron chi connectivity index (χ1n) is 4.28. The average molecular weight is 199 g/mol. The second-order valence-corrected chi connectivity index (χ2v) is 10.9. The molecule has 0 spiro atoms. The largest absolute Gasteiger partial charge is 0.324 e. The molecule has 1 atom stereocenters. The van der Waals surface area contributed by atoms with Gasteiger partial charge in [0.1, 0.15) is 0 Å². The number of thiophene rings is 1. The van der Waals surface area contributed by atoms with E-state index in [-0.39, 0.29) is 6.04 Å². The molecule has 0 bridgehead atoms. The fraction of sp³-hybridized carbons (Fsp3) is 0.556. The zero-order valence-corrected chi connectivity index (χ0v) is 9.82. The summed E-state index contributed by atoms with van der Waals surface area (Å²) >= 11 is 1.77. The summed E-state index contributed by atoms with van der Waals surface area (Å²) in [5, 5.41) is 2.10. The van der Waals surface area contributed by atoms with Crippen LogP contribution in [-0.4, -0.2) is 8.07 Å². The van der Waals surface area contributed by atoms with Crippen LogP contribution in [0, 0.1) is 0 Å². The Morgan fingerprint density at radius 2 is 2.17 bits per heavy atom. The summed E-state index contributed by atoms with van der Waals surface area (Å²) in [5.74, 6) is 0. The van der Waals surface area contributed by atoms with Crippen LogP contribution in [0.3, 0.4) is 0 Å². The van der Waals surface area contributed by atoms with E-state index < -0.39 is 8.07 Å². The molecule has 0 aliphatic carbocycles. The summed E-state index contributed by atoms with van der Waals surface area (Å²) in [6.07, 6.45) is 0. The van der Waals surface area contributed by atoms with E-state index in [4.69, 9.17) is 5.73 Å². The van der Waals surface area contributed by atoms with Gasteiger partial charge in [-0.25, -0.2) is 0 Å². The molecule has 1 heterocycles. The Balaban J connectivity index is 2.56. The SMILES string of the molecule is C[Si](C)(C)CC(N)c1cccs1. The lowest BCUT2D eigenvalue weighted by Gasteiger charge is -2.20. The van der Waals surface area contributed by atoms with E-state index in [9.17, 15) is 0 Å². The van der Waals surface area contributed by atoms with Crippen LogP contribution in [0.15, 0.2) is 17.5 Å². The highest BCUT2D eigenvalue weighted by Gasteiger charge is 2.18. The molecule has 1 nitrogen and oxygen atoms in total. The minimum Gasteiger partial charge on any atom is -0.324 e. The van der Waals surface area contributed by atoms with Gasteiger partial charge in [-0.05, 0) is 17.5 Å². The summed E-state index contributed by atoms with van der Waals surface area (Å²) in [7, 11) is -0.995. The topological polar surface area (TPSA) is 26.0 Å². The average Bonchev–Trinajstić information content (AvgIpc) is 2.32. The van der Waals surface area contributed by atoms with Crippen LogP contribution in [0.4, 0.5) is 0 Å². The van der Waals surface area contributed by atoms with Crippen molar-refractivity contribution in [2.75, 3.05) is 0 Å². The second kappa shape index (κ2) is 3.73. The van der Waals surface area contributed by atoms with Gasteiger partial charge in [-0.2, -0.15) is 0 Å². The van der Waals surface area contributed by atoms with Gasteiger partial charge in [-0.3, -0.25) is 0 Å². The third-order valence-electron chi connectivity index (χ3n) is 1.74. The van der Waals surface area contributed by atoms with Crippen molar-refractivity contribution in [3.8, 4) is 0 Å². The van der Waals surface area contributed by atoms with Gasteiger partial charge >= 0.3 is 0 Å².